The Kier molecular flexibility index (Phi) is 6.31. The first kappa shape index (κ1) is 21.3. The van der Waals surface area contributed by atoms with Gasteiger partial charge in [0.1, 0.15) is 6.33 Å². The molecule has 3 aromatic rings. The number of benzene rings is 1. The van der Waals surface area contributed by atoms with Crippen LogP contribution in [0.1, 0.15) is 47.4 Å². The van der Waals surface area contributed by atoms with Crippen LogP contribution < -0.4 is 21.3 Å². The number of carbonyl (C=O) groups excluding carboxylic acids is 2. The lowest BCUT2D eigenvalue weighted by molar-refractivity contribution is -0.114. The molecular formula is C22H24N8O2. The minimum atomic E-state index is -0.385. The summed E-state index contributed by atoms with van der Waals surface area (Å²) in [4.78, 5) is 41.7. The van der Waals surface area contributed by atoms with Crippen LogP contribution in [0.25, 0.3) is 0 Å². The Bertz CT molecular complexity index is 1130. The highest BCUT2D eigenvalue weighted by atomic mass is 16.2. The van der Waals surface area contributed by atoms with Crippen molar-refractivity contribution in [3.05, 3.63) is 60.1 Å². The van der Waals surface area contributed by atoms with Crippen LogP contribution in [0, 0.1) is 0 Å². The second-order valence-electron chi connectivity index (χ2n) is 7.56. The maximum absolute atomic E-state index is 13.3. The molecule has 4 N–H and O–H groups in total. The molecule has 1 fully saturated rings. The SMILES string of the molecule is CNCc1cc(NC(C)=O)ccc1NC(=O)c1nc(C2CC2)cnc1Nc1cncnc1. The standard InChI is InChI=1S/C22H24N8O2/c1-13(31)27-16-5-6-18(15(7-16)8-23-2)30-22(32)20-21(28-17-9-24-12-25-10-17)26-11-19(29-20)14-3-4-14/h5-7,9-12,14,23H,3-4,8H2,1-2H3,(H,26,28)(H,27,31)(H,30,32). The first-order valence-corrected chi connectivity index (χ1v) is 10.3. The molecule has 0 bridgehead atoms. The molecule has 1 saturated carbocycles. The zero-order valence-corrected chi connectivity index (χ0v) is 17.8. The molecule has 2 heterocycles. The molecule has 0 saturated heterocycles. The molecule has 10 heteroatoms. The van der Waals surface area contributed by atoms with Crippen molar-refractivity contribution in [3.8, 4) is 0 Å². The van der Waals surface area contributed by atoms with E-state index in [1.54, 1.807) is 30.7 Å². The van der Waals surface area contributed by atoms with Gasteiger partial charge >= 0.3 is 0 Å². The van der Waals surface area contributed by atoms with Crippen molar-refractivity contribution < 1.29 is 9.59 Å². The van der Waals surface area contributed by atoms with Crippen molar-refractivity contribution in [2.24, 2.45) is 0 Å². The summed E-state index contributed by atoms with van der Waals surface area (Å²) in [6.45, 7) is 1.95. The van der Waals surface area contributed by atoms with Crippen LogP contribution >= 0.6 is 0 Å². The van der Waals surface area contributed by atoms with Gasteiger partial charge in [0.2, 0.25) is 5.91 Å². The number of amides is 2. The molecule has 10 nitrogen and oxygen atoms in total. The van der Waals surface area contributed by atoms with Crippen LogP contribution in [0.5, 0.6) is 0 Å². The van der Waals surface area contributed by atoms with Gasteiger partial charge in [-0.3, -0.25) is 9.59 Å². The number of carbonyl (C=O) groups is 2. The lowest BCUT2D eigenvalue weighted by Gasteiger charge is -2.15. The highest BCUT2D eigenvalue weighted by Crippen LogP contribution is 2.39. The van der Waals surface area contributed by atoms with Crippen LogP contribution in [0.4, 0.5) is 22.9 Å². The Morgan fingerprint density at radius 2 is 1.84 bits per heavy atom. The lowest BCUT2D eigenvalue weighted by atomic mass is 10.1. The van der Waals surface area contributed by atoms with Gasteiger partial charge in [-0.05, 0) is 43.7 Å². The Morgan fingerprint density at radius 1 is 1.06 bits per heavy atom. The minimum absolute atomic E-state index is 0.162. The van der Waals surface area contributed by atoms with Crippen LogP contribution in [0.2, 0.25) is 0 Å². The molecule has 1 aliphatic carbocycles. The Morgan fingerprint density at radius 3 is 2.53 bits per heavy atom. The molecule has 2 aromatic heterocycles. The van der Waals surface area contributed by atoms with Crippen molar-refractivity contribution in [1.29, 1.82) is 0 Å². The molecule has 0 aliphatic heterocycles. The third-order valence-electron chi connectivity index (χ3n) is 4.87. The number of anilines is 4. The minimum Gasteiger partial charge on any atom is -0.336 e. The van der Waals surface area contributed by atoms with Gasteiger partial charge in [-0.2, -0.15) is 0 Å². The van der Waals surface area contributed by atoms with E-state index in [1.165, 1.54) is 13.3 Å². The summed E-state index contributed by atoms with van der Waals surface area (Å²) in [5.41, 5.74) is 3.70. The van der Waals surface area contributed by atoms with E-state index >= 15 is 0 Å². The molecule has 0 radical (unpaired) electrons. The third-order valence-corrected chi connectivity index (χ3v) is 4.87. The molecule has 0 spiro atoms. The van der Waals surface area contributed by atoms with Crippen molar-refractivity contribution in [2.45, 2.75) is 32.2 Å². The number of hydrogen-bond donors (Lipinski definition) is 4. The van der Waals surface area contributed by atoms with E-state index in [9.17, 15) is 9.59 Å². The Balaban J connectivity index is 1.63. The number of nitrogens with zero attached hydrogens (tertiary/aromatic N) is 4. The molecule has 0 unspecified atom stereocenters. The zero-order valence-electron chi connectivity index (χ0n) is 17.8. The summed E-state index contributed by atoms with van der Waals surface area (Å²) >= 11 is 0. The van der Waals surface area contributed by atoms with E-state index in [2.05, 4.69) is 41.2 Å². The van der Waals surface area contributed by atoms with E-state index in [4.69, 9.17) is 0 Å². The fourth-order valence-electron chi connectivity index (χ4n) is 3.24. The largest absolute Gasteiger partial charge is 0.336 e. The highest BCUT2D eigenvalue weighted by Gasteiger charge is 2.28. The number of nitrogens with one attached hydrogen (secondary N) is 4. The van der Waals surface area contributed by atoms with Gasteiger partial charge in [0.05, 0.1) is 30.0 Å². The Labute approximate surface area is 185 Å². The van der Waals surface area contributed by atoms with E-state index < -0.39 is 0 Å². The maximum atomic E-state index is 13.3. The van der Waals surface area contributed by atoms with Gasteiger partial charge in [-0.15, -0.1) is 0 Å². The molecule has 4 rings (SSSR count). The number of aromatic nitrogens is 4. The fourth-order valence-corrected chi connectivity index (χ4v) is 3.24. The molecule has 1 aromatic carbocycles. The van der Waals surface area contributed by atoms with Gasteiger partial charge in [-0.1, -0.05) is 0 Å². The lowest BCUT2D eigenvalue weighted by Crippen LogP contribution is -2.19. The summed E-state index contributed by atoms with van der Waals surface area (Å²) in [5, 5.41) is 11.8. The average Bonchev–Trinajstić information content (AvgIpc) is 3.62. The third kappa shape index (κ3) is 5.22. The van der Waals surface area contributed by atoms with Crippen molar-refractivity contribution >= 4 is 34.7 Å². The van der Waals surface area contributed by atoms with E-state index in [1.807, 2.05) is 13.1 Å². The molecule has 1 aliphatic rings. The van der Waals surface area contributed by atoms with Crippen molar-refractivity contribution in [2.75, 3.05) is 23.0 Å². The zero-order chi connectivity index (χ0) is 22.5. The summed E-state index contributed by atoms with van der Waals surface area (Å²) < 4.78 is 0. The van der Waals surface area contributed by atoms with E-state index in [-0.39, 0.29) is 17.5 Å². The second-order valence-corrected chi connectivity index (χ2v) is 7.56. The summed E-state index contributed by atoms with van der Waals surface area (Å²) in [7, 11) is 1.81. The van der Waals surface area contributed by atoms with Crippen LogP contribution in [-0.4, -0.2) is 38.8 Å². The summed E-state index contributed by atoms with van der Waals surface area (Å²) in [6, 6.07) is 5.31. The molecular weight excluding hydrogens is 408 g/mol. The van der Waals surface area contributed by atoms with Crippen LogP contribution in [0.3, 0.4) is 0 Å². The topological polar surface area (TPSA) is 134 Å². The number of hydrogen-bond acceptors (Lipinski definition) is 8. The van der Waals surface area contributed by atoms with Gasteiger partial charge in [-0.25, -0.2) is 19.9 Å². The first-order valence-electron chi connectivity index (χ1n) is 10.3. The van der Waals surface area contributed by atoms with E-state index in [0.29, 0.717) is 35.3 Å². The maximum Gasteiger partial charge on any atom is 0.278 e. The highest BCUT2D eigenvalue weighted by molar-refractivity contribution is 6.07. The Hall–Kier alpha value is -3.92. The summed E-state index contributed by atoms with van der Waals surface area (Å²) in [6.07, 6.45) is 8.41. The van der Waals surface area contributed by atoms with Gasteiger partial charge in [0, 0.05) is 30.8 Å². The number of rotatable bonds is 8. The van der Waals surface area contributed by atoms with Crippen molar-refractivity contribution in [3.63, 3.8) is 0 Å². The normalized spacial score (nSPS) is 12.8. The van der Waals surface area contributed by atoms with Gasteiger partial charge < -0.3 is 21.3 Å². The van der Waals surface area contributed by atoms with Crippen LogP contribution in [0.15, 0.2) is 43.1 Å². The van der Waals surface area contributed by atoms with Crippen LogP contribution in [-0.2, 0) is 11.3 Å². The molecule has 164 valence electrons. The summed E-state index contributed by atoms with van der Waals surface area (Å²) in [5.74, 6) is 0.126. The average molecular weight is 432 g/mol. The monoisotopic (exact) mass is 432 g/mol. The molecule has 32 heavy (non-hydrogen) atoms. The smallest absolute Gasteiger partial charge is 0.278 e. The first-order chi connectivity index (χ1) is 15.5. The van der Waals surface area contributed by atoms with Gasteiger partial charge in [0.25, 0.3) is 5.91 Å². The van der Waals surface area contributed by atoms with Gasteiger partial charge in [0.15, 0.2) is 11.5 Å². The molecule has 0 atom stereocenters. The quantitative estimate of drug-likeness (QED) is 0.427. The van der Waals surface area contributed by atoms with Crippen molar-refractivity contribution in [1.82, 2.24) is 25.3 Å². The van der Waals surface area contributed by atoms with E-state index in [0.717, 1.165) is 24.1 Å². The second kappa shape index (κ2) is 9.48. The fraction of sp³-hybridized carbons (Fsp3) is 0.273. The molecule has 2 amide bonds. The predicted molar refractivity (Wildman–Crippen MR) is 121 cm³/mol. The predicted octanol–water partition coefficient (Wildman–Crippen LogP) is 2.82.